The lowest BCUT2D eigenvalue weighted by molar-refractivity contribution is 0.0945. The summed E-state index contributed by atoms with van der Waals surface area (Å²) in [5, 5.41) is 4.52. The molecule has 22 heavy (non-hydrogen) atoms. The second-order valence-electron chi connectivity index (χ2n) is 5.51. The Morgan fingerprint density at radius 2 is 2.14 bits per heavy atom. The van der Waals surface area contributed by atoms with Crippen LogP contribution in [-0.4, -0.2) is 33.7 Å². The number of carbonyl (C=O) groups excluding carboxylic acids is 1. The highest BCUT2D eigenvalue weighted by atomic mass is 16.2. The first kappa shape index (κ1) is 14.7. The quantitative estimate of drug-likeness (QED) is 0.500. The number of benzene rings is 1. The molecule has 0 saturated heterocycles. The van der Waals surface area contributed by atoms with E-state index in [1.165, 1.54) is 5.56 Å². The first-order valence-corrected chi connectivity index (χ1v) is 7.58. The number of nitrogens with two attached hydrogens (primary N) is 1. The first-order valence-electron chi connectivity index (χ1n) is 7.58. The summed E-state index contributed by atoms with van der Waals surface area (Å²) in [5.74, 6) is 4.99. The van der Waals surface area contributed by atoms with E-state index in [0.717, 1.165) is 37.3 Å². The molecular formula is C16H21N5O. The maximum absolute atomic E-state index is 12.0. The smallest absolute Gasteiger partial charge is 0.286 e. The zero-order valence-electron chi connectivity index (χ0n) is 12.7. The zero-order valence-corrected chi connectivity index (χ0v) is 12.7. The summed E-state index contributed by atoms with van der Waals surface area (Å²) in [5.41, 5.74) is 5.98. The minimum absolute atomic E-state index is 0.319. The van der Waals surface area contributed by atoms with Gasteiger partial charge >= 0.3 is 0 Å². The molecule has 1 aromatic carbocycles. The minimum atomic E-state index is -0.319. The van der Waals surface area contributed by atoms with Crippen molar-refractivity contribution >= 4 is 5.91 Å². The van der Waals surface area contributed by atoms with E-state index in [2.05, 4.69) is 34.5 Å². The average Bonchev–Trinajstić information content (AvgIpc) is 2.93. The summed E-state index contributed by atoms with van der Waals surface area (Å²) in [6.45, 7) is 5.51. The number of nitrogen functional groups attached to an aromatic ring is 1. The van der Waals surface area contributed by atoms with Gasteiger partial charge in [-0.05, 0) is 12.1 Å². The molecular weight excluding hydrogens is 278 g/mol. The van der Waals surface area contributed by atoms with Gasteiger partial charge in [-0.1, -0.05) is 37.3 Å². The van der Waals surface area contributed by atoms with Crippen LogP contribution in [0, 0.1) is 0 Å². The van der Waals surface area contributed by atoms with Crippen molar-refractivity contribution in [2.45, 2.75) is 26.4 Å². The number of amides is 1. The molecule has 3 N–H and O–H groups in total. The monoisotopic (exact) mass is 299 g/mol. The number of nitrogens with one attached hydrogen (secondary N) is 1. The fraction of sp³-hybridized carbons (Fsp3) is 0.375. The predicted molar refractivity (Wildman–Crippen MR) is 84.1 cm³/mol. The van der Waals surface area contributed by atoms with Crippen LogP contribution < -0.4 is 11.3 Å². The highest BCUT2D eigenvalue weighted by molar-refractivity contribution is 5.93. The van der Waals surface area contributed by atoms with Crippen molar-refractivity contribution in [1.82, 2.24) is 20.1 Å². The Balaban J connectivity index is 1.97. The van der Waals surface area contributed by atoms with Crippen LogP contribution in [0.5, 0.6) is 0 Å². The summed E-state index contributed by atoms with van der Waals surface area (Å²) < 4.78 is 1.95. The Bertz CT molecular complexity index is 665. The molecule has 0 aliphatic carbocycles. The van der Waals surface area contributed by atoms with Gasteiger partial charge in [-0.25, -0.2) is 5.84 Å². The van der Waals surface area contributed by atoms with Crippen LogP contribution in [-0.2, 0) is 19.5 Å². The van der Waals surface area contributed by atoms with E-state index in [1.54, 1.807) is 0 Å². The largest absolute Gasteiger partial charge is 0.299 e. The van der Waals surface area contributed by atoms with Crippen molar-refractivity contribution in [3.05, 3.63) is 52.8 Å². The maximum atomic E-state index is 12.0. The lowest BCUT2D eigenvalue weighted by Crippen LogP contribution is -2.34. The number of aromatic nitrogens is 2. The van der Waals surface area contributed by atoms with E-state index in [-0.39, 0.29) is 5.91 Å². The first-order chi connectivity index (χ1) is 10.7. The van der Waals surface area contributed by atoms with Gasteiger partial charge in [0.2, 0.25) is 0 Å². The van der Waals surface area contributed by atoms with Crippen LogP contribution in [0.15, 0.2) is 30.3 Å². The van der Waals surface area contributed by atoms with Gasteiger partial charge in [-0.15, -0.1) is 0 Å². The summed E-state index contributed by atoms with van der Waals surface area (Å²) in [4.78, 5) is 14.3. The Labute approximate surface area is 129 Å². The second kappa shape index (κ2) is 6.29. The number of nitrogens with zero attached hydrogens (tertiary/aromatic N) is 3. The van der Waals surface area contributed by atoms with Gasteiger partial charge in [-0.3, -0.25) is 19.8 Å². The number of fused-ring (bicyclic) bond motifs is 1. The molecule has 0 atom stereocenters. The van der Waals surface area contributed by atoms with E-state index >= 15 is 0 Å². The van der Waals surface area contributed by atoms with Gasteiger partial charge < -0.3 is 0 Å². The van der Waals surface area contributed by atoms with E-state index in [4.69, 9.17) is 5.84 Å². The van der Waals surface area contributed by atoms with Gasteiger partial charge in [0.15, 0.2) is 5.69 Å². The van der Waals surface area contributed by atoms with Crippen molar-refractivity contribution in [1.29, 1.82) is 0 Å². The second-order valence-corrected chi connectivity index (χ2v) is 5.51. The molecule has 2 heterocycles. The average molecular weight is 299 g/mol. The Hall–Kier alpha value is -2.18. The number of hydrogen-bond donors (Lipinski definition) is 2. The Kier molecular flexibility index (Phi) is 4.22. The van der Waals surface area contributed by atoms with Gasteiger partial charge in [-0.2, -0.15) is 5.10 Å². The molecule has 3 rings (SSSR count). The van der Waals surface area contributed by atoms with Crippen molar-refractivity contribution < 1.29 is 4.79 Å². The van der Waals surface area contributed by atoms with Crippen molar-refractivity contribution in [2.75, 3.05) is 13.1 Å². The summed E-state index contributed by atoms with van der Waals surface area (Å²) in [6, 6.07) is 10.2. The van der Waals surface area contributed by atoms with Crippen molar-refractivity contribution in [3.63, 3.8) is 0 Å². The minimum Gasteiger partial charge on any atom is -0.299 e. The van der Waals surface area contributed by atoms with E-state index in [0.29, 0.717) is 12.2 Å². The summed E-state index contributed by atoms with van der Waals surface area (Å²) in [7, 11) is 0. The molecule has 0 bridgehead atoms. The topological polar surface area (TPSA) is 76.2 Å². The van der Waals surface area contributed by atoms with Crippen LogP contribution in [0.3, 0.4) is 0 Å². The van der Waals surface area contributed by atoms with E-state index in [9.17, 15) is 4.79 Å². The van der Waals surface area contributed by atoms with Crippen molar-refractivity contribution in [3.8, 4) is 0 Å². The van der Waals surface area contributed by atoms with Crippen LogP contribution in [0.25, 0.3) is 0 Å². The number of likely N-dealkylation sites (N-methyl/N-ethyl adjacent to an activating group) is 1. The molecule has 1 amide bonds. The van der Waals surface area contributed by atoms with Crippen LogP contribution in [0.2, 0.25) is 0 Å². The molecule has 2 aromatic rings. The van der Waals surface area contributed by atoms with Gasteiger partial charge in [0.05, 0.1) is 6.54 Å². The van der Waals surface area contributed by atoms with Gasteiger partial charge in [0, 0.05) is 30.8 Å². The number of hydrazine groups is 1. The third kappa shape index (κ3) is 2.75. The number of hydrogen-bond acceptors (Lipinski definition) is 4. The predicted octanol–water partition coefficient (Wildman–Crippen LogP) is 0.913. The zero-order chi connectivity index (χ0) is 15.5. The van der Waals surface area contributed by atoms with Crippen molar-refractivity contribution in [2.24, 2.45) is 5.84 Å². The fourth-order valence-corrected chi connectivity index (χ4v) is 2.95. The third-order valence-corrected chi connectivity index (χ3v) is 4.18. The lowest BCUT2D eigenvalue weighted by atomic mass is 10.0. The SMILES string of the molecule is CCN1CCc2c(c(C(=O)NN)nn2Cc2ccccc2)C1. The molecule has 116 valence electrons. The highest BCUT2D eigenvalue weighted by Crippen LogP contribution is 2.23. The molecule has 6 nitrogen and oxygen atoms in total. The van der Waals surface area contributed by atoms with Gasteiger partial charge in [0.25, 0.3) is 5.91 Å². The molecule has 1 aromatic heterocycles. The maximum Gasteiger partial charge on any atom is 0.286 e. The molecule has 0 fully saturated rings. The molecule has 0 unspecified atom stereocenters. The third-order valence-electron chi connectivity index (χ3n) is 4.18. The van der Waals surface area contributed by atoms with Crippen LogP contribution >= 0.6 is 0 Å². The normalized spacial score (nSPS) is 14.6. The van der Waals surface area contributed by atoms with Crippen LogP contribution in [0.1, 0.15) is 34.2 Å². The molecule has 6 heteroatoms. The number of rotatable bonds is 4. The van der Waals surface area contributed by atoms with E-state index < -0.39 is 0 Å². The van der Waals surface area contributed by atoms with E-state index in [1.807, 2.05) is 22.9 Å². The molecule has 1 aliphatic heterocycles. The molecule has 0 radical (unpaired) electrons. The fourth-order valence-electron chi connectivity index (χ4n) is 2.95. The number of carbonyl (C=O) groups is 1. The molecule has 1 aliphatic rings. The highest BCUT2D eigenvalue weighted by Gasteiger charge is 2.27. The Morgan fingerprint density at radius 1 is 1.36 bits per heavy atom. The summed E-state index contributed by atoms with van der Waals surface area (Å²) in [6.07, 6.45) is 0.904. The van der Waals surface area contributed by atoms with Gasteiger partial charge in [0.1, 0.15) is 0 Å². The molecule has 0 spiro atoms. The standard InChI is InChI=1S/C16H21N5O/c1-2-20-9-8-14-13(11-20)15(16(22)18-17)19-21(14)10-12-6-4-3-5-7-12/h3-7H,2,8-11,17H2,1H3,(H,18,22). The summed E-state index contributed by atoms with van der Waals surface area (Å²) >= 11 is 0. The lowest BCUT2D eigenvalue weighted by Gasteiger charge is -2.26. The van der Waals surface area contributed by atoms with Crippen LogP contribution in [0.4, 0.5) is 0 Å². The Morgan fingerprint density at radius 3 is 2.82 bits per heavy atom. The molecule has 0 saturated carbocycles.